The van der Waals surface area contributed by atoms with Crippen LogP contribution in [-0.4, -0.2) is 39.7 Å². The van der Waals surface area contributed by atoms with Crippen LogP contribution in [-0.2, 0) is 16.3 Å². The molecule has 1 rings (SSSR count). The summed E-state index contributed by atoms with van der Waals surface area (Å²) in [7, 11) is -0.108. The zero-order valence-corrected chi connectivity index (χ0v) is 13.5. The Morgan fingerprint density at radius 3 is 2.20 bits per heavy atom. The molecule has 1 aromatic rings. The number of methoxy groups -OCH3 is 2. The predicted octanol–water partition coefficient (Wildman–Crippen LogP) is 1.40. The van der Waals surface area contributed by atoms with Crippen molar-refractivity contribution in [2.45, 2.75) is 31.1 Å². The van der Waals surface area contributed by atoms with Crippen molar-refractivity contribution < 1.29 is 17.9 Å². The second kappa shape index (κ2) is 6.01. The van der Waals surface area contributed by atoms with Crippen molar-refractivity contribution in [2.24, 2.45) is 5.73 Å². The largest absolute Gasteiger partial charge is 0.493 e. The van der Waals surface area contributed by atoms with E-state index in [9.17, 15) is 8.42 Å². The molecule has 0 aliphatic carbocycles. The highest BCUT2D eigenvalue weighted by atomic mass is 32.2. The van der Waals surface area contributed by atoms with Gasteiger partial charge in [0.2, 0.25) is 0 Å². The van der Waals surface area contributed by atoms with Crippen LogP contribution in [0.15, 0.2) is 18.2 Å². The van der Waals surface area contributed by atoms with Crippen LogP contribution in [0.2, 0.25) is 0 Å². The average Bonchev–Trinajstić information content (AvgIpc) is 2.37. The Labute approximate surface area is 121 Å². The smallest absolute Gasteiger partial charge is 0.160 e. The maximum absolute atomic E-state index is 11.8. The lowest BCUT2D eigenvalue weighted by atomic mass is 9.96. The Balaban J connectivity index is 3.00. The van der Waals surface area contributed by atoms with E-state index in [1.54, 1.807) is 34.1 Å². The zero-order chi connectivity index (χ0) is 15.6. The van der Waals surface area contributed by atoms with Gasteiger partial charge in [-0.05, 0) is 38.0 Å². The van der Waals surface area contributed by atoms with E-state index < -0.39 is 20.6 Å². The van der Waals surface area contributed by atoms with Crippen LogP contribution in [0.5, 0.6) is 11.5 Å². The normalized spacial score (nSPS) is 13.9. The van der Waals surface area contributed by atoms with Crippen LogP contribution in [0.25, 0.3) is 0 Å². The van der Waals surface area contributed by atoms with Crippen molar-refractivity contribution in [2.75, 3.05) is 20.5 Å². The fourth-order valence-electron chi connectivity index (χ4n) is 1.78. The van der Waals surface area contributed by atoms with Gasteiger partial charge < -0.3 is 15.2 Å². The average molecular weight is 301 g/mol. The second-order valence-electron chi connectivity index (χ2n) is 5.38. The van der Waals surface area contributed by atoms with Gasteiger partial charge in [0, 0.05) is 12.3 Å². The van der Waals surface area contributed by atoms with Gasteiger partial charge in [-0.2, -0.15) is 0 Å². The van der Waals surface area contributed by atoms with Crippen LogP contribution >= 0.6 is 0 Å². The molecule has 0 fully saturated rings. The van der Waals surface area contributed by atoms with Gasteiger partial charge in [0.05, 0.1) is 19.0 Å². The van der Waals surface area contributed by atoms with Gasteiger partial charge in [0.1, 0.15) is 0 Å². The first-order chi connectivity index (χ1) is 9.13. The lowest BCUT2D eigenvalue weighted by Crippen LogP contribution is -2.49. The SMILES string of the molecule is COc1ccc(CC(N)C(C)(C)S(C)(=O)=O)cc1OC. The maximum atomic E-state index is 11.8. The van der Waals surface area contributed by atoms with E-state index in [4.69, 9.17) is 15.2 Å². The number of hydrogen-bond donors (Lipinski definition) is 1. The van der Waals surface area contributed by atoms with Crippen LogP contribution < -0.4 is 15.2 Å². The molecule has 0 saturated heterocycles. The standard InChI is InChI=1S/C14H23NO4S/c1-14(2,20(5,16)17)13(15)9-10-6-7-11(18-3)12(8-10)19-4/h6-8,13H,9,15H2,1-5H3. The van der Waals surface area contributed by atoms with Gasteiger partial charge in [-0.1, -0.05) is 6.07 Å². The number of rotatable bonds is 6. The predicted molar refractivity (Wildman–Crippen MR) is 80.1 cm³/mol. The molecule has 5 nitrogen and oxygen atoms in total. The molecule has 0 spiro atoms. The van der Waals surface area contributed by atoms with Crippen molar-refractivity contribution in [1.29, 1.82) is 0 Å². The van der Waals surface area contributed by atoms with Crippen molar-refractivity contribution in [1.82, 2.24) is 0 Å². The lowest BCUT2D eigenvalue weighted by Gasteiger charge is -2.29. The van der Waals surface area contributed by atoms with E-state index in [-0.39, 0.29) is 0 Å². The molecular formula is C14H23NO4S. The molecule has 0 saturated carbocycles. The first kappa shape index (κ1) is 16.8. The second-order valence-corrected chi connectivity index (χ2v) is 7.97. The molecular weight excluding hydrogens is 278 g/mol. The third-order valence-electron chi connectivity index (χ3n) is 3.75. The monoisotopic (exact) mass is 301 g/mol. The molecule has 6 heteroatoms. The van der Waals surface area contributed by atoms with Crippen molar-refractivity contribution >= 4 is 9.84 Å². The zero-order valence-electron chi connectivity index (χ0n) is 12.6. The Bertz CT molecular complexity index is 567. The minimum atomic E-state index is -3.23. The number of ether oxygens (including phenoxy) is 2. The molecule has 20 heavy (non-hydrogen) atoms. The van der Waals surface area contributed by atoms with Gasteiger partial charge in [-0.25, -0.2) is 8.42 Å². The highest BCUT2D eigenvalue weighted by Crippen LogP contribution is 2.29. The van der Waals surface area contributed by atoms with Crippen LogP contribution in [0.3, 0.4) is 0 Å². The molecule has 0 aliphatic rings. The number of hydrogen-bond acceptors (Lipinski definition) is 5. The third-order valence-corrected chi connectivity index (χ3v) is 5.97. The Morgan fingerprint density at radius 2 is 1.75 bits per heavy atom. The highest BCUT2D eigenvalue weighted by Gasteiger charge is 2.36. The quantitative estimate of drug-likeness (QED) is 0.859. The summed E-state index contributed by atoms with van der Waals surface area (Å²) in [6, 6.07) is 4.96. The molecule has 114 valence electrons. The molecule has 0 aromatic heterocycles. The summed E-state index contributed by atoms with van der Waals surface area (Å²) >= 11 is 0. The first-order valence-electron chi connectivity index (χ1n) is 6.29. The fourth-order valence-corrected chi connectivity index (χ4v) is 2.42. The lowest BCUT2D eigenvalue weighted by molar-refractivity contribution is 0.354. The first-order valence-corrected chi connectivity index (χ1v) is 8.18. The summed E-state index contributed by atoms with van der Waals surface area (Å²) in [6.45, 7) is 3.29. The summed E-state index contributed by atoms with van der Waals surface area (Å²) in [5.41, 5.74) is 6.99. The van der Waals surface area contributed by atoms with E-state index in [1.807, 2.05) is 12.1 Å². The molecule has 0 amide bonds. The summed E-state index contributed by atoms with van der Waals surface area (Å²) in [5, 5.41) is 0. The maximum Gasteiger partial charge on any atom is 0.160 e. The Kier molecular flexibility index (Phi) is 5.05. The molecule has 0 aliphatic heterocycles. The van der Waals surface area contributed by atoms with E-state index in [1.165, 1.54) is 6.26 Å². The minimum absolute atomic E-state index is 0.445. The number of nitrogens with two attached hydrogens (primary N) is 1. The van der Waals surface area contributed by atoms with Crippen LogP contribution in [0.1, 0.15) is 19.4 Å². The Morgan fingerprint density at radius 1 is 1.20 bits per heavy atom. The summed E-state index contributed by atoms with van der Waals surface area (Å²) in [6.07, 6.45) is 1.65. The van der Waals surface area contributed by atoms with Gasteiger partial charge in [-0.15, -0.1) is 0 Å². The molecule has 1 unspecified atom stereocenters. The third kappa shape index (κ3) is 3.43. The number of benzene rings is 1. The topological polar surface area (TPSA) is 78.6 Å². The highest BCUT2D eigenvalue weighted by molar-refractivity contribution is 7.92. The van der Waals surface area contributed by atoms with E-state index in [2.05, 4.69) is 0 Å². The molecule has 0 bridgehead atoms. The van der Waals surface area contributed by atoms with Crippen LogP contribution in [0.4, 0.5) is 0 Å². The summed E-state index contributed by atoms with van der Waals surface area (Å²) in [4.78, 5) is 0. The van der Waals surface area contributed by atoms with Gasteiger partial charge >= 0.3 is 0 Å². The van der Waals surface area contributed by atoms with Crippen molar-refractivity contribution in [3.63, 3.8) is 0 Å². The van der Waals surface area contributed by atoms with Crippen LogP contribution in [0, 0.1) is 0 Å². The number of sulfone groups is 1. The molecule has 0 heterocycles. The van der Waals surface area contributed by atoms with E-state index >= 15 is 0 Å². The fraction of sp³-hybridized carbons (Fsp3) is 0.571. The summed E-state index contributed by atoms with van der Waals surface area (Å²) < 4.78 is 33.0. The molecule has 1 atom stereocenters. The molecule has 2 N–H and O–H groups in total. The van der Waals surface area contributed by atoms with Crippen molar-refractivity contribution in [3.05, 3.63) is 23.8 Å². The van der Waals surface area contributed by atoms with E-state index in [0.29, 0.717) is 17.9 Å². The van der Waals surface area contributed by atoms with Gasteiger partial charge in [0.15, 0.2) is 21.3 Å². The van der Waals surface area contributed by atoms with Crippen molar-refractivity contribution in [3.8, 4) is 11.5 Å². The van der Waals surface area contributed by atoms with Gasteiger partial charge in [-0.3, -0.25) is 0 Å². The minimum Gasteiger partial charge on any atom is -0.493 e. The molecule has 0 radical (unpaired) electrons. The summed E-state index contributed by atoms with van der Waals surface area (Å²) in [5.74, 6) is 1.24. The van der Waals surface area contributed by atoms with E-state index in [0.717, 1.165) is 5.56 Å². The molecule has 1 aromatic carbocycles. The Hall–Kier alpha value is -1.27. The van der Waals surface area contributed by atoms with Gasteiger partial charge in [0.25, 0.3) is 0 Å².